The van der Waals surface area contributed by atoms with Crippen LogP contribution in [0.3, 0.4) is 0 Å². The first-order chi connectivity index (χ1) is 14.8. The molecule has 1 fully saturated rings. The van der Waals surface area contributed by atoms with Crippen molar-refractivity contribution in [1.82, 2.24) is 9.71 Å². The molecule has 0 atom stereocenters. The van der Waals surface area contributed by atoms with Gasteiger partial charge in [-0.25, -0.2) is 17.9 Å². The summed E-state index contributed by atoms with van der Waals surface area (Å²) in [5, 5.41) is 10.4. The molecule has 0 unspecified atom stereocenters. The van der Waals surface area contributed by atoms with Crippen molar-refractivity contribution in [2.24, 2.45) is 0 Å². The molecule has 3 aromatic rings. The van der Waals surface area contributed by atoms with Crippen LogP contribution in [0.5, 0.6) is 0 Å². The van der Waals surface area contributed by atoms with Gasteiger partial charge in [-0.15, -0.1) is 0 Å². The number of hydrogen-bond donors (Lipinski definition) is 3. The van der Waals surface area contributed by atoms with E-state index in [1.165, 1.54) is 0 Å². The van der Waals surface area contributed by atoms with Gasteiger partial charge in [0.1, 0.15) is 5.69 Å². The average Bonchev–Trinajstić information content (AvgIpc) is 3.41. The highest BCUT2D eigenvalue weighted by molar-refractivity contribution is 7.90. The monoisotopic (exact) mass is 440 g/mol. The Bertz CT molecular complexity index is 1200. The van der Waals surface area contributed by atoms with E-state index in [1.807, 2.05) is 42.5 Å². The second kappa shape index (κ2) is 8.48. The number of rotatable bonds is 7. The molecule has 1 aromatic heterocycles. The fraction of sp³-hybridized carbons (Fsp3) is 0.375. The van der Waals surface area contributed by atoms with E-state index >= 15 is 0 Å². The molecule has 31 heavy (non-hydrogen) atoms. The summed E-state index contributed by atoms with van der Waals surface area (Å²) < 4.78 is 27.6. The molecule has 6 nitrogen and oxygen atoms in total. The molecular formula is C24H28N2O4S. The largest absolute Gasteiger partial charge is 0.477 e. The molecule has 164 valence electrons. The Hall–Kier alpha value is -2.64. The molecule has 0 saturated heterocycles. The van der Waals surface area contributed by atoms with Gasteiger partial charge in [0, 0.05) is 17.5 Å². The lowest BCUT2D eigenvalue weighted by molar-refractivity contribution is 0.0692. The fourth-order valence-corrected chi connectivity index (χ4v) is 6.03. The minimum atomic E-state index is -3.30. The van der Waals surface area contributed by atoms with Crippen LogP contribution >= 0.6 is 0 Å². The molecular weight excluding hydrogens is 412 g/mol. The summed E-state index contributed by atoms with van der Waals surface area (Å²) in [6.07, 6.45) is 3.39. The number of sulfonamides is 1. The first kappa shape index (κ1) is 21.6. The van der Waals surface area contributed by atoms with Crippen molar-refractivity contribution in [1.29, 1.82) is 0 Å². The maximum Gasteiger partial charge on any atom is 0.352 e. The van der Waals surface area contributed by atoms with Crippen LogP contribution < -0.4 is 4.72 Å². The summed E-state index contributed by atoms with van der Waals surface area (Å²) in [5.74, 6) is -0.749. The molecule has 1 aliphatic rings. The topological polar surface area (TPSA) is 99.3 Å². The Morgan fingerprint density at radius 2 is 1.81 bits per heavy atom. The van der Waals surface area contributed by atoms with Crippen LogP contribution in [0.4, 0.5) is 0 Å². The van der Waals surface area contributed by atoms with Crippen molar-refractivity contribution >= 4 is 26.9 Å². The number of aromatic nitrogens is 1. The number of carboxylic acid groups (broad SMARTS) is 1. The van der Waals surface area contributed by atoms with Gasteiger partial charge in [-0.05, 0) is 35.4 Å². The maximum absolute atomic E-state index is 12.4. The summed E-state index contributed by atoms with van der Waals surface area (Å²) in [7, 11) is -3.30. The van der Waals surface area contributed by atoms with Crippen LogP contribution in [0.1, 0.15) is 67.1 Å². The standard InChI is InChI=1S/C24H28N2O4S/c1-15(2)19-8-5-9-20-21(23(24(27)28)26-22(19)20)17-12-10-16(11-13-17)14-25-31(29,30)18-6-3-4-7-18/h5,8-13,15,18,25-26H,3-4,6-7,14H2,1-2H3,(H,27,28). The van der Waals surface area contributed by atoms with Crippen LogP contribution in [-0.2, 0) is 16.6 Å². The van der Waals surface area contributed by atoms with E-state index in [-0.39, 0.29) is 23.4 Å². The Balaban J connectivity index is 1.64. The molecule has 1 aliphatic carbocycles. The molecule has 0 spiro atoms. The maximum atomic E-state index is 12.4. The third kappa shape index (κ3) is 4.25. The highest BCUT2D eigenvalue weighted by Gasteiger charge is 2.28. The normalized spacial score (nSPS) is 15.2. The van der Waals surface area contributed by atoms with E-state index in [0.29, 0.717) is 5.56 Å². The second-order valence-electron chi connectivity index (χ2n) is 8.57. The molecule has 3 N–H and O–H groups in total. The lowest BCUT2D eigenvalue weighted by Crippen LogP contribution is -2.32. The molecule has 1 heterocycles. The van der Waals surface area contributed by atoms with Crippen LogP contribution in [0.25, 0.3) is 22.0 Å². The van der Waals surface area contributed by atoms with Crippen molar-refractivity contribution in [3.63, 3.8) is 0 Å². The molecule has 0 bridgehead atoms. The predicted octanol–water partition coefficient (Wildman–Crippen LogP) is 5.02. The van der Waals surface area contributed by atoms with Crippen molar-refractivity contribution in [2.45, 2.75) is 57.2 Å². The molecule has 0 aliphatic heterocycles. The minimum absolute atomic E-state index is 0.165. The number of aromatic amines is 1. The number of nitrogens with one attached hydrogen (secondary N) is 2. The SMILES string of the molecule is CC(C)c1cccc2c(-c3ccc(CNS(=O)(=O)C4CCCC4)cc3)c(C(=O)O)[nH]c12. The Morgan fingerprint density at radius 3 is 2.42 bits per heavy atom. The number of carbonyl (C=O) groups is 1. The average molecular weight is 441 g/mol. The third-order valence-corrected chi connectivity index (χ3v) is 8.06. The van der Waals surface area contributed by atoms with Crippen LogP contribution in [0.15, 0.2) is 42.5 Å². The minimum Gasteiger partial charge on any atom is -0.477 e. The van der Waals surface area contributed by atoms with Gasteiger partial charge in [-0.1, -0.05) is 69.2 Å². The summed E-state index contributed by atoms with van der Waals surface area (Å²) in [5.41, 5.74) is 4.36. The Kier molecular flexibility index (Phi) is 5.90. The number of benzene rings is 2. The van der Waals surface area contributed by atoms with Crippen LogP contribution in [-0.4, -0.2) is 29.7 Å². The van der Waals surface area contributed by atoms with Gasteiger partial charge in [0.15, 0.2) is 0 Å². The van der Waals surface area contributed by atoms with E-state index < -0.39 is 16.0 Å². The quantitative estimate of drug-likeness (QED) is 0.480. The summed E-state index contributed by atoms with van der Waals surface area (Å²) in [6, 6.07) is 13.3. The number of fused-ring (bicyclic) bond motifs is 1. The first-order valence-electron chi connectivity index (χ1n) is 10.7. The van der Waals surface area contributed by atoms with Crippen LogP contribution in [0, 0.1) is 0 Å². The van der Waals surface area contributed by atoms with Crippen molar-refractivity contribution in [2.75, 3.05) is 0 Å². The zero-order valence-corrected chi connectivity index (χ0v) is 18.6. The molecule has 0 radical (unpaired) electrons. The van der Waals surface area contributed by atoms with Gasteiger partial charge in [0.05, 0.1) is 10.8 Å². The van der Waals surface area contributed by atoms with E-state index in [0.717, 1.165) is 53.3 Å². The van der Waals surface area contributed by atoms with E-state index in [4.69, 9.17) is 0 Å². The van der Waals surface area contributed by atoms with Gasteiger partial charge in [-0.2, -0.15) is 0 Å². The van der Waals surface area contributed by atoms with Crippen molar-refractivity contribution < 1.29 is 18.3 Å². The lowest BCUT2D eigenvalue weighted by atomic mass is 9.96. The van der Waals surface area contributed by atoms with Gasteiger partial charge >= 0.3 is 5.97 Å². The van der Waals surface area contributed by atoms with Crippen molar-refractivity contribution in [3.8, 4) is 11.1 Å². The number of hydrogen-bond acceptors (Lipinski definition) is 3. The smallest absolute Gasteiger partial charge is 0.352 e. The number of H-pyrrole nitrogens is 1. The molecule has 0 amide bonds. The van der Waals surface area contributed by atoms with Crippen molar-refractivity contribution in [3.05, 3.63) is 59.3 Å². The lowest BCUT2D eigenvalue weighted by Gasteiger charge is -2.12. The zero-order valence-electron chi connectivity index (χ0n) is 17.8. The van der Waals surface area contributed by atoms with E-state index in [2.05, 4.69) is 23.6 Å². The second-order valence-corrected chi connectivity index (χ2v) is 10.6. The number of aromatic carboxylic acids is 1. The number of carboxylic acids is 1. The Morgan fingerprint density at radius 1 is 1.13 bits per heavy atom. The zero-order chi connectivity index (χ0) is 22.2. The highest BCUT2D eigenvalue weighted by Crippen LogP contribution is 2.36. The Labute approximate surface area is 182 Å². The number of para-hydroxylation sites is 1. The van der Waals surface area contributed by atoms with E-state index in [9.17, 15) is 18.3 Å². The van der Waals surface area contributed by atoms with Gasteiger partial charge in [0.25, 0.3) is 0 Å². The van der Waals surface area contributed by atoms with Gasteiger partial charge < -0.3 is 10.1 Å². The van der Waals surface area contributed by atoms with Gasteiger partial charge in [-0.3, -0.25) is 0 Å². The van der Waals surface area contributed by atoms with Crippen LogP contribution in [0.2, 0.25) is 0 Å². The van der Waals surface area contributed by atoms with Gasteiger partial charge in [0.2, 0.25) is 10.0 Å². The molecule has 4 rings (SSSR count). The summed E-state index contributed by atoms with van der Waals surface area (Å²) in [4.78, 5) is 15.1. The molecule has 7 heteroatoms. The summed E-state index contributed by atoms with van der Waals surface area (Å²) >= 11 is 0. The highest BCUT2D eigenvalue weighted by atomic mass is 32.2. The first-order valence-corrected chi connectivity index (χ1v) is 12.3. The third-order valence-electron chi connectivity index (χ3n) is 6.16. The molecule has 2 aromatic carbocycles. The van der Waals surface area contributed by atoms with E-state index in [1.54, 1.807) is 0 Å². The molecule has 1 saturated carbocycles. The predicted molar refractivity (Wildman–Crippen MR) is 123 cm³/mol. The summed E-state index contributed by atoms with van der Waals surface area (Å²) in [6.45, 7) is 4.39. The fourth-order valence-electron chi connectivity index (χ4n) is 4.47.